The second-order valence-electron chi connectivity index (χ2n) is 8.09. The van der Waals surface area contributed by atoms with Crippen LogP contribution in [-0.4, -0.2) is 71.1 Å². The summed E-state index contributed by atoms with van der Waals surface area (Å²) >= 11 is 0. The van der Waals surface area contributed by atoms with Crippen LogP contribution < -0.4 is 0 Å². The average Bonchev–Trinajstić information content (AvgIpc) is 3.04. The number of Topliss-reactive ketones (excluding diaryl/α,β-unsaturated/α-hetero) is 1. The van der Waals surface area contributed by atoms with Crippen molar-refractivity contribution in [2.24, 2.45) is 5.92 Å². The van der Waals surface area contributed by atoms with Gasteiger partial charge in [0.1, 0.15) is 11.9 Å². The summed E-state index contributed by atoms with van der Waals surface area (Å²) in [7, 11) is -3.67. The fourth-order valence-corrected chi connectivity index (χ4v) is 4.87. The highest BCUT2D eigenvalue weighted by Gasteiger charge is 2.49. The van der Waals surface area contributed by atoms with E-state index in [0.29, 0.717) is 36.2 Å². The van der Waals surface area contributed by atoms with Gasteiger partial charge in [0, 0.05) is 47.9 Å². The lowest BCUT2D eigenvalue weighted by Gasteiger charge is -2.54. The predicted molar refractivity (Wildman–Crippen MR) is 110 cm³/mol. The van der Waals surface area contributed by atoms with E-state index in [2.05, 4.69) is 9.88 Å². The third-order valence-electron chi connectivity index (χ3n) is 6.00. The van der Waals surface area contributed by atoms with E-state index >= 15 is 0 Å². The summed E-state index contributed by atoms with van der Waals surface area (Å²) in [6, 6.07) is 8.58. The lowest BCUT2D eigenvalue weighted by molar-refractivity contribution is -0.145. The van der Waals surface area contributed by atoms with E-state index in [4.69, 9.17) is 9.29 Å². The number of para-hydroxylation sites is 1. The largest absolute Gasteiger partial charge is 0.459 e. The molecule has 1 aromatic heterocycles. The first-order valence-corrected chi connectivity index (χ1v) is 11.5. The summed E-state index contributed by atoms with van der Waals surface area (Å²) in [6.45, 7) is 0.600. The van der Waals surface area contributed by atoms with E-state index in [-0.39, 0.29) is 23.5 Å². The third kappa shape index (κ3) is 4.72. The summed E-state index contributed by atoms with van der Waals surface area (Å²) in [4.78, 5) is 30.0. The molecule has 2 aromatic rings. The molecule has 0 radical (unpaired) electrons. The van der Waals surface area contributed by atoms with Crippen molar-refractivity contribution in [2.45, 2.75) is 43.9 Å². The Kier molecular flexibility index (Phi) is 6.32. The van der Waals surface area contributed by atoms with Crippen LogP contribution in [0, 0.1) is 5.92 Å². The molecule has 0 saturated carbocycles. The molecule has 30 heavy (non-hydrogen) atoms. The van der Waals surface area contributed by atoms with Crippen LogP contribution in [0.25, 0.3) is 10.9 Å². The van der Waals surface area contributed by atoms with Gasteiger partial charge in [-0.15, -0.1) is 0 Å². The van der Waals surface area contributed by atoms with Crippen molar-refractivity contribution in [3.05, 3.63) is 36.0 Å². The number of carbonyl (C=O) groups excluding carboxylic acids is 2. The molecule has 4 fully saturated rings. The summed E-state index contributed by atoms with van der Waals surface area (Å²) in [5.41, 5.74) is 1.56. The van der Waals surface area contributed by atoms with Gasteiger partial charge in [-0.2, -0.15) is 8.42 Å². The number of ketones is 1. The standard InChI is InChI=1S/C19H20N2O3.CH4O3S.H2O/c22-18-10-21-12-5-11(18)6-13(21)8-14(7-12)24-19(23)16-9-20-17-4-2-1-3-15(16)17;1-5(2,3)4;/h1-4,9,11-14,20H,5-8,10H2;1H3,(H,2,3,4);1H2/t11-,12+,13?,14?;;/m0../s1. The van der Waals surface area contributed by atoms with Crippen molar-refractivity contribution < 1.29 is 32.8 Å². The van der Waals surface area contributed by atoms with Gasteiger partial charge in [-0.05, 0) is 18.9 Å². The Labute approximate surface area is 174 Å². The van der Waals surface area contributed by atoms with Crippen LogP contribution in [0.15, 0.2) is 30.5 Å². The maximum atomic E-state index is 12.6. The molecule has 164 valence electrons. The van der Waals surface area contributed by atoms with E-state index < -0.39 is 10.1 Å². The van der Waals surface area contributed by atoms with Crippen molar-refractivity contribution in [2.75, 3.05) is 12.8 Å². The van der Waals surface area contributed by atoms with Gasteiger partial charge in [0.2, 0.25) is 0 Å². The molecule has 1 aromatic carbocycles. The Bertz CT molecular complexity index is 1020. The molecule has 10 heteroatoms. The molecule has 4 N–H and O–H groups in total. The predicted octanol–water partition coefficient (Wildman–Crippen LogP) is 1.20. The number of fused-ring (bicyclic) bond motifs is 2. The van der Waals surface area contributed by atoms with Gasteiger partial charge in [0.15, 0.2) is 0 Å². The highest BCUT2D eigenvalue weighted by molar-refractivity contribution is 7.85. The molecule has 5 heterocycles. The van der Waals surface area contributed by atoms with Crippen molar-refractivity contribution >= 4 is 32.8 Å². The summed E-state index contributed by atoms with van der Waals surface area (Å²) in [6.07, 6.45) is 6.01. The fraction of sp³-hybridized carbons (Fsp3) is 0.500. The number of rotatable bonds is 2. The molecular formula is C20H26N2O7S. The zero-order valence-corrected chi connectivity index (χ0v) is 17.4. The van der Waals surface area contributed by atoms with Crippen molar-refractivity contribution in [3.63, 3.8) is 0 Å². The first kappa shape index (κ1) is 22.4. The second-order valence-corrected chi connectivity index (χ2v) is 9.56. The molecule has 4 aliphatic rings. The molecule has 4 aliphatic heterocycles. The van der Waals surface area contributed by atoms with Crippen molar-refractivity contribution in [1.29, 1.82) is 0 Å². The van der Waals surface area contributed by atoms with E-state index in [1.165, 1.54) is 0 Å². The Morgan fingerprint density at radius 1 is 1.17 bits per heavy atom. The topological polar surface area (TPSA) is 148 Å². The number of esters is 1. The van der Waals surface area contributed by atoms with E-state index in [1.807, 2.05) is 24.3 Å². The number of benzene rings is 1. The molecule has 9 nitrogen and oxygen atoms in total. The summed E-state index contributed by atoms with van der Waals surface area (Å²) < 4.78 is 31.7. The molecule has 0 spiro atoms. The van der Waals surface area contributed by atoms with Gasteiger partial charge in [-0.1, -0.05) is 18.2 Å². The number of aromatic amines is 1. The SMILES string of the molecule is CS(=O)(=O)O.O.O=C(OC1CC2C[C@@H]3C[C@H](C1)N2CC3=O)c1c[nH]c2ccccc12. The van der Waals surface area contributed by atoms with Crippen molar-refractivity contribution in [1.82, 2.24) is 9.88 Å². The first-order chi connectivity index (χ1) is 13.7. The zero-order chi connectivity index (χ0) is 20.8. The van der Waals surface area contributed by atoms with Gasteiger partial charge < -0.3 is 15.2 Å². The molecule has 5 atom stereocenters. The molecule has 0 aliphatic carbocycles. The number of aromatic nitrogens is 1. The number of H-pyrrole nitrogens is 1. The second kappa shape index (κ2) is 8.46. The van der Waals surface area contributed by atoms with Crippen LogP contribution in [-0.2, 0) is 19.6 Å². The maximum absolute atomic E-state index is 12.6. The van der Waals surface area contributed by atoms with Crippen LogP contribution in [0.1, 0.15) is 36.0 Å². The first-order valence-electron chi connectivity index (χ1n) is 9.67. The zero-order valence-electron chi connectivity index (χ0n) is 16.6. The third-order valence-corrected chi connectivity index (χ3v) is 6.00. The molecule has 3 unspecified atom stereocenters. The number of nitrogens with zero attached hydrogens (tertiary/aromatic N) is 1. The van der Waals surface area contributed by atoms with Crippen LogP contribution >= 0.6 is 0 Å². The van der Waals surface area contributed by atoms with E-state index in [1.54, 1.807) is 6.20 Å². The monoisotopic (exact) mass is 438 g/mol. The smallest absolute Gasteiger partial charge is 0.340 e. The van der Waals surface area contributed by atoms with Crippen molar-refractivity contribution in [3.8, 4) is 0 Å². The lowest BCUT2D eigenvalue weighted by Crippen LogP contribution is -2.63. The number of carbonyl (C=O) groups is 2. The van der Waals surface area contributed by atoms with E-state index in [0.717, 1.165) is 36.6 Å². The van der Waals surface area contributed by atoms with Crippen LogP contribution in [0.5, 0.6) is 0 Å². The van der Waals surface area contributed by atoms with Crippen LogP contribution in [0.3, 0.4) is 0 Å². The summed E-state index contributed by atoms with van der Waals surface area (Å²) in [5.74, 6) is 0.403. The van der Waals surface area contributed by atoms with Gasteiger partial charge in [-0.25, -0.2) is 4.79 Å². The Morgan fingerprint density at radius 2 is 1.77 bits per heavy atom. The average molecular weight is 439 g/mol. The van der Waals surface area contributed by atoms with E-state index in [9.17, 15) is 18.0 Å². The Morgan fingerprint density at radius 3 is 2.37 bits per heavy atom. The fourth-order valence-electron chi connectivity index (χ4n) is 4.87. The highest BCUT2D eigenvalue weighted by Crippen LogP contribution is 2.42. The van der Waals surface area contributed by atoms with Gasteiger partial charge in [0.05, 0.1) is 18.4 Å². The number of nitrogens with one attached hydrogen (secondary N) is 1. The Balaban J connectivity index is 0.000000386. The molecule has 4 bridgehead atoms. The molecule has 6 rings (SSSR count). The normalized spacial score (nSPS) is 29.5. The highest BCUT2D eigenvalue weighted by atomic mass is 32.2. The number of hydrogen-bond acceptors (Lipinski definition) is 6. The van der Waals surface area contributed by atoms with Crippen LogP contribution in [0.4, 0.5) is 0 Å². The quantitative estimate of drug-likeness (QED) is 0.528. The lowest BCUT2D eigenvalue weighted by atomic mass is 9.72. The van der Waals surface area contributed by atoms with Crippen LogP contribution in [0.2, 0.25) is 0 Å². The molecule has 4 saturated heterocycles. The summed E-state index contributed by atoms with van der Waals surface area (Å²) in [5, 5.41) is 0.909. The molecular weight excluding hydrogens is 412 g/mol. The Hall–Kier alpha value is -2.27. The minimum Gasteiger partial charge on any atom is -0.459 e. The number of hydrogen-bond donors (Lipinski definition) is 2. The minimum atomic E-state index is -3.67. The van der Waals surface area contributed by atoms with Gasteiger partial charge >= 0.3 is 5.97 Å². The maximum Gasteiger partial charge on any atom is 0.340 e. The number of ether oxygens (including phenoxy) is 1. The van der Waals surface area contributed by atoms with Gasteiger partial charge in [0.25, 0.3) is 10.1 Å². The molecule has 0 amide bonds. The van der Waals surface area contributed by atoms with Gasteiger partial charge in [-0.3, -0.25) is 14.2 Å². The number of piperidine rings is 4. The minimum absolute atomic E-state index is 0.